The topological polar surface area (TPSA) is 42.9 Å². The van der Waals surface area contributed by atoms with Crippen molar-refractivity contribution < 1.29 is 4.79 Å². The number of nitrogens with zero attached hydrogens (tertiary/aromatic N) is 2. The molecule has 0 atom stereocenters. The normalized spacial score (nSPS) is 9.40. The molecule has 1 aromatic rings. The molecule has 0 radical (unpaired) electrons. The predicted molar refractivity (Wildman–Crippen MR) is 39.7 cm³/mol. The molecule has 1 rings (SSSR count). The van der Waals surface area contributed by atoms with Gasteiger partial charge >= 0.3 is 0 Å². The fraction of sp³-hybridized carbons (Fsp3) is 0.167. The minimum Gasteiger partial charge on any atom is -0.293 e. The molecule has 0 spiro atoms. The Kier molecular flexibility index (Phi) is 2.11. The van der Waals surface area contributed by atoms with Crippen LogP contribution in [0.25, 0.3) is 0 Å². The second-order valence-electron chi connectivity index (χ2n) is 1.80. The average Bonchev–Trinajstić information content (AvgIpc) is 1.88. The first kappa shape index (κ1) is 7.34. The summed E-state index contributed by atoms with van der Waals surface area (Å²) in [4.78, 5) is 10.6. The maximum atomic E-state index is 10.6. The summed E-state index contributed by atoms with van der Waals surface area (Å²) in [5.41, 5.74) is 0.392. The van der Waals surface area contributed by atoms with E-state index in [4.69, 9.17) is 0 Å². The molecular weight excluding hydrogens is 196 g/mol. The Morgan fingerprint density at radius 1 is 1.50 bits per heavy atom. The van der Waals surface area contributed by atoms with Crippen LogP contribution in [-0.4, -0.2) is 16.0 Å². The van der Waals surface area contributed by atoms with E-state index in [-0.39, 0.29) is 5.78 Å². The number of rotatable bonds is 1. The molecular formula is C6H5BrN2O. The van der Waals surface area contributed by atoms with Crippen molar-refractivity contribution in [3.8, 4) is 0 Å². The summed E-state index contributed by atoms with van der Waals surface area (Å²) in [5, 5.41) is 7.28. The molecule has 0 unspecified atom stereocenters. The molecule has 0 aliphatic rings. The zero-order valence-corrected chi connectivity index (χ0v) is 6.92. The van der Waals surface area contributed by atoms with Crippen LogP contribution in [0, 0.1) is 0 Å². The lowest BCUT2D eigenvalue weighted by Gasteiger charge is -1.90. The highest BCUT2D eigenvalue weighted by Crippen LogP contribution is 2.03. The first-order chi connectivity index (χ1) is 4.70. The van der Waals surface area contributed by atoms with Crippen LogP contribution in [0.3, 0.4) is 0 Å². The molecule has 4 heteroatoms. The third kappa shape index (κ3) is 1.60. The first-order valence-electron chi connectivity index (χ1n) is 2.70. The summed E-state index contributed by atoms with van der Waals surface area (Å²) >= 11 is 3.11. The van der Waals surface area contributed by atoms with Gasteiger partial charge in [0, 0.05) is 6.92 Å². The van der Waals surface area contributed by atoms with Crippen molar-refractivity contribution in [2.45, 2.75) is 6.92 Å². The van der Waals surface area contributed by atoms with E-state index in [0.29, 0.717) is 10.3 Å². The van der Waals surface area contributed by atoms with E-state index in [9.17, 15) is 4.79 Å². The fourth-order valence-corrected chi connectivity index (χ4v) is 0.715. The Morgan fingerprint density at radius 2 is 2.20 bits per heavy atom. The lowest BCUT2D eigenvalue weighted by atomic mass is 10.3. The smallest absolute Gasteiger partial charge is 0.180 e. The zero-order valence-electron chi connectivity index (χ0n) is 5.34. The number of ketones is 1. The van der Waals surface area contributed by atoms with Crippen molar-refractivity contribution in [2.24, 2.45) is 0 Å². The van der Waals surface area contributed by atoms with Crippen LogP contribution < -0.4 is 0 Å². The summed E-state index contributed by atoms with van der Waals surface area (Å²) < 4.78 is 0.637. The van der Waals surface area contributed by atoms with Crippen molar-refractivity contribution in [3.63, 3.8) is 0 Å². The molecule has 10 heavy (non-hydrogen) atoms. The fourth-order valence-electron chi connectivity index (χ4n) is 0.504. The van der Waals surface area contributed by atoms with E-state index in [1.165, 1.54) is 6.92 Å². The lowest BCUT2D eigenvalue weighted by molar-refractivity contribution is 0.101. The second kappa shape index (κ2) is 2.88. The van der Waals surface area contributed by atoms with Gasteiger partial charge in [-0.05, 0) is 28.1 Å². The lowest BCUT2D eigenvalue weighted by Crippen LogP contribution is -1.97. The monoisotopic (exact) mass is 200 g/mol. The first-order valence-corrected chi connectivity index (χ1v) is 3.49. The summed E-state index contributed by atoms with van der Waals surface area (Å²) in [5.74, 6) is -0.0694. The van der Waals surface area contributed by atoms with Crippen molar-refractivity contribution >= 4 is 21.7 Å². The van der Waals surface area contributed by atoms with Gasteiger partial charge in [-0.2, -0.15) is 0 Å². The number of hydrogen-bond donors (Lipinski definition) is 0. The summed E-state index contributed by atoms with van der Waals surface area (Å²) in [6.07, 6.45) is 0. The van der Waals surface area contributed by atoms with Crippen LogP contribution in [0.5, 0.6) is 0 Å². The maximum absolute atomic E-state index is 10.6. The van der Waals surface area contributed by atoms with Gasteiger partial charge in [-0.1, -0.05) is 0 Å². The highest BCUT2D eigenvalue weighted by atomic mass is 79.9. The third-order valence-electron chi connectivity index (χ3n) is 0.993. The highest BCUT2D eigenvalue weighted by molar-refractivity contribution is 9.10. The Bertz CT molecular complexity index is 244. The Labute approximate surface area is 66.6 Å². The predicted octanol–water partition coefficient (Wildman–Crippen LogP) is 1.44. The van der Waals surface area contributed by atoms with Gasteiger partial charge in [-0.15, -0.1) is 10.2 Å². The summed E-state index contributed by atoms with van der Waals surface area (Å²) in [7, 11) is 0. The van der Waals surface area contributed by atoms with Gasteiger partial charge in [0.25, 0.3) is 0 Å². The molecule has 3 nitrogen and oxygen atoms in total. The van der Waals surface area contributed by atoms with E-state index < -0.39 is 0 Å². The molecule has 1 heterocycles. The number of carbonyl (C=O) groups excluding carboxylic acids is 1. The SMILES string of the molecule is CC(=O)c1ccc(Br)nn1. The molecule has 52 valence electrons. The Morgan fingerprint density at radius 3 is 2.60 bits per heavy atom. The molecule has 1 aromatic heterocycles. The standard InChI is InChI=1S/C6H5BrN2O/c1-4(10)5-2-3-6(7)9-8-5/h2-3H,1H3. The second-order valence-corrected chi connectivity index (χ2v) is 2.61. The van der Waals surface area contributed by atoms with Crippen molar-refractivity contribution in [1.29, 1.82) is 0 Å². The number of hydrogen-bond acceptors (Lipinski definition) is 3. The van der Waals surface area contributed by atoms with Crippen LogP contribution in [0.15, 0.2) is 16.7 Å². The van der Waals surface area contributed by atoms with Gasteiger partial charge in [-0.3, -0.25) is 4.79 Å². The van der Waals surface area contributed by atoms with Gasteiger partial charge in [0.1, 0.15) is 10.3 Å². The van der Waals surface area contributed by atoms with Crippen molar-refractivity contribution in [2.75, 3.05) is 0 Å². The van der Waals surface area contributed by atoms with E-state index in [2.05, 4.69) is 26.1 Å². The van der Waals surface area contributed by atoms with E-state index in [1.807, 2.05) is 0 Å². The van der Waals surface area contributed by atoms with E-state index in [1.54, 1.807) is 12.1 Å². The Balaban J connectivity index is 3.00. The van der Waals surface area contributed by atoms with E-state index in [0.717, 1.165) is 0 Å². The van der Waals surface area contributed by atoms with Crippen molar-refractivity contribution in [1.82, 2.24) is 10.2 Å². The van der Waals surface area contributed by atoms with Crippen LogP contribution in [0.2, 0.25) is 0 Å². The van der Waals surface area contributed by atoms with Gasteiger partial charge in [0.05, 0.1) is 0 Å². The van der Waals surface area contributed by atoms with Gasteiger partial charge in [-0.25, -0.2) is 0 Å². The molecule has 0 N–H and O–H groups in total. The molecule has 0 amide bonds. The average molecular weight is 201 g/mol. The van der Waals surface area contributed by atoms with Crippen LogP contribution in [-0.2, 0) is 0 Å². The minimum absolute atomic E-state index is 0.0694. The molecule has 0 saturated heterocycles. The number of Topliss-reactive ketones (excluding diaryl/α,β-unsaturated/α-hetero) is 1. The molecule has 0 saturated carbocycles. The highest BCUT2D eigenvalue weighted by Gasteiger charge is 1.99. The van der Waals surface area contributed by atoms with Gasteiger partial charge in [0.2, 0.25) is 0 Å². The quantitative estimate of drug-likeness (QED) is 0.645. The molecule has 0 aliphatic heterocycles. The summed E-state index contributed by atoms with van der Waals surface area (Å²) in [6.45, 7) is 1.46. The van der Waals surface area contributed by atoms with Crippen LogP contribution in [0.1, 0.15) is 17.4 Å². The molecule has 0 fully saturated rings. The minimum atomic E-state index is -0.0694. The van der Waals surface area contributed by atoms with E-state index >= 15 is 0 Å². The van der Waals surface area contributed by atoms with Crippen molar-refractivity contribution in [3.05, 3.63) is 22.4 Å². The molecule has 0 aliphatic carbocycles. The number of halogens is 1. The van der Waals surface area contributed by atoms with Crippen LogP contribution >= 0.6 is 15.9 Å². The number of aromatic nitrogens is 2. The Hall–Kier alpha value is -0.770. The van der Waals surface area contributed by atoms with Crippen LogP contribution in [0.4, 0.5) is 0 Å². The molecule has 0 bridgehead atoms. The largest absolute Gasteiger partial charge is 0.293 e. The zero-order chi connectivity index (χ0) is 7.56. The molecule has 0 aromatic carbocycles. The van der Waals surface area contributed by atoms with Gasteiger partial charge < -0.3 is 0 Å². The van der Waals surface area contributed by atoms with Gasteiger partial charge in [0.15, 0.2) is 5.78 Å². The summed E-state index contributed by atoms with van der Waals surface area (Å²) in [6, 6.07) is 3.31. The third-order valence-corrected chi connectivity index (χ3v) is 1.42. The number of carbonyl (C=O) groups is 1. The maximum Gasteiger partial charge on any atom is 0.180 e.